The molecule has 0 saturated heterocycles. The van der Waals surface area contributed by atoms with Crippen LogP contribution in [-0.4, -0.2) is 13.0 Å². The van der Waals surface area contributed by atoms with Crippen molar-refractivity contribution in [2.45, 2.75) is 17.8 Å². The molecule has 0 amide bonds. The first-order chi connectivity index (χ1) is 16.6. The zero-order chi connectivity index (χ0) is 24.8. The minimum Gasteiger partial charge on any atom is -0.497 e. The van der Waals surface area contributed by atoms with Crippen molar-refractivity contribution in [3.8, 4) is 26.6 Å². The summed E-state index contributed by atoms with van der Waals surface area (Å²) in [5, 5.41) is -0.534. The van der Waals surface area contributed by atoms with Gasteiger partial charge >= 0.3 is 17.8 Å². The number of thiophene rings is 2. The van der Waals surface area contributed by atoms with E-state index in [0.717, 1.165) is 22.7 Å². The van der Waals surface area contributed by atoms with Crippen molar-refractivity contribution < 1.29 is 31.1 Å². The highest BCUT2D eigenvalue weighted by Crippen LogP contribution is 2.67. The van der Waals surface area contributed by atoms with E-state index in [1.54, 1.807) is 54.6 Å². The number of ether oxygens (including phenoxy) is 1. The summed E-state index contributed by atoms with van der Waals surface area (Å²) >= 11 is 2.24. The number of halogens is 6. The van der Waals surface area contributed by atoms with E-state index in [-0.39, 0.29) is 20.2 Å². The molecular formula is C26H14F6OS2. The van der Waals surface area contributed by atoms with Crippen molar-refractivity contribution in [1.82, 2.24) is 0 Å². The summed E-state index contributed by atoms with van der Waals surface area (Å²) in [4.78, 5) is 1.03. The zero-order valence-corrected chi connectivity index (χ0v) is 19.5. The van der Waals surface area contributed by atoms with Crippen molar-refractivity contribution in [1.29, 1.82) is 0 Å². The van der Waals surface area contributed by atoms with E-state index in [1.807, 2.05) is 0 Å². The largest absolute Gasteiger partial charge is 0.497 e. The number of hydrogen-bond acceptors (Lipinski definition) is 3. The van der Waals surface area contributed by atoms with Gasteiger partial charge in [-0.15, -0.1) is 22.7 Å². The molecule has 2 heterocycles. The van der Waals surface area contributed by atoms with Gasteiger partial charge in [-0.3, -0.25) is 0 Å². The lowest BCUT2D eigenvalue weighted by molar-refractivity contribution is -0.301. The first kappa shape index (κ1) is 22.4. The number of hydrogen-bond donors (Lipinski definition) is 0. The first-order valence-electron chi connectivity index (χ1n) is 10.4. The Balaban J connectivity index is 1.73. The number of rotatable bonds is 3. The third-order valence-corrected chi connectivity index (χ3v) is 8.84. The molecule has 0 atom stereocenters. The highest BCUT2D eigenvalue weighted by molar-refractivity contribution is 7.30. The van der Waals surface area contributed by atoms with Crippen LogP contribution in [0, 0.1) is 0 Å². The molecule has 35 heavy (non-hydrogen) atoms. The molecule has 0 aliphatic heterocycles. The Hall–Kier alpha value is -3.04. The van der Waals surface area contributed by atoms with Gasteiger partial charge in [-0.1, -0.05) is 30.3 Å². The van der Waals surface area contributed by atoms with Crippen LogP contribution in [0.15, 0.2) is 66.7 Å². The number of benzene rings is 3. The molecule has 6 rings (SSSR count). The van der Waals surface area contributed by atoms with E-state index in [2.05, 4.69) is 0 Å². The van der Waals surface area contributed by atoms with Crippen molar-refractivity contribution in [3.05, 3.63) is 77.9 Å². The molecule has 1 aliphatic carbocycles. The summed E-state index contributed by atoms with van der Waals surface area (Å²) in [5.74, 6) is -15.0. The van der Waals surface area contributed by atoms with Crippen LogP contribution in [0.2, 0.25) is 0 Å². The maximum absolute atomic E-state index is 15.1. The quantitative estimate of drug-likeness (QED) is 0.215. The maximum atomic E-state index is 15.1. The van der Waals surface area contributed by atoms with Crippen molar-refractivity contribution in [2.75, 3.05) is 7.11 Å². The van der Waals surface area contributed by atoms with Gasteiger partial charge in [0.05, 0.1) is 16.5 Å². The second kappa shape index (κ2) is 7.24. The van der Waals surface area contributed by atoms with Crippen LogP contribution in [-0.2, 0) is 11.8 Å². The van der Waals surface area contributed by atoms with E-state index in [0.29, 0.717) is 26.6 Å². The Morgan fingerprint density at radius 3 is 1.54 bits per heavy atom. The van der Waals surface area contributed by atoms with Crippen LogP contribution >= 0.6 is 22.7 Å². The Labute approximate surface area is 203 Å². The highest BCUT2D eigenvalue weighted by atomic mass is 32.1. The van der Waals surface area contributed by atoms with Gasteiger partial charge in [-0.25, -0.2) is 0 Å². The second-order valence-electron chi connectivity index (χ2n) is 8.27. The molecule has 5 aromatic rings. The first-order valence-corrected chi connectivity index (χ1v) is 12.1. The molecule has 0 spiro atoms. The normalized spacial score (nSPS) is 17.7. The maximum Gasteiger partial charge on any atom is 0.380 e. The summed E-state index contributed by atoms with van der Waals surface area (Å²) in [6, 6.07) is 18.2. The van der Waals surface area contributed by atoms with Crippen LogP contribution in [0.5, 0.6) is 5.75 Å². The lowest BCUT2D eigenvalue weighted by Crippen LogP contribution is -2.43. The molecule has 178 valence electrons. The van der Waals surface area contributed by atoms with Crippen LogP contribution in [0.25, 0.3) is 41.1 Å². The molecule has 0 saturated carbocycles. The van der Waals surface area contributed by atoms with Crippen LogP contribution in [0.3, 0.4) is 0 Å². The molecule has 0 unspecified atom stereocenters. The Morgan fingerprint density at radius 1 is 0.629 bits per heavy atom. The van der Waals surface area contributed by atoms with Crippen LogP contribution in [0.4, 0.5) is 26.3 Å². The Morgan fingerprint density at radius 2 is 1.09 bits per heavy atom. The Kier molecular flexibility index (Phi) is 4.64. The van der Waals surface area contributed by atoms with Gasteiger partial charge in [-0.05, 0) is 47.5 Å². The fourth-order valence-electron chi connectivity index (χ4n) is 4.57. The number of fused-ring (bicyclic) bond motifs is 6. The summed E-state index contributed by atoms with van der Waals surface area (Å²) in [7, 11) is 1.50. The monoisotopic (exact) mass is 520 g/mol. The summed E-state index contributed by atoms with van der Waals surface area (Å²) in [6.45, 7) is 0. The third-order valence-electron chi connectivity index (χ3n) is 6.31. The van der Waals surface area contributed by atoms with E-state index >= 15 is 17.6 Å². The van der Waals surface area contributed by atoms with Crippen molar-refractivity contribution >= 4 is 42.8 Å². The van der Waals surface area contributed by atoms with E-state index in [4.69, 9.17) is 4.74 Å². The molecule has 2 aromatic heterocycles. The van der Waals surface area contributed by atoms with Crippen molar-refractivity contribution in [2.24, 2.45) is 0 Å². The fourth-order valence-corrected chi connectivity index (χ4v) is 7.06. The molecule has 3 aromatic carbocycles. The van der Waals surface area contributed by atoms with Crippen molar-refractivity contribution in [3.63, 3.8) is 0 Å². The lowest BCUT2D eigenvalue weighted by atomic mass is 9.99. The van der Waals surface area contributed by atoms with Gasteiger partial charge in [-0.2, -0.15) is 26.3 Å². The van der Waals surface area contributed by atoms with Gasteiger partial charge in [0.25, 0.3) is 0 Å². The molecule has 0 radical (unpaired) electrons. The fraction of sp³-hybridized carbons (Fsp3) is 0.154. The van der Waals surface area contributed by atoms with E-state index < -0.39 is 28.9 Å². The van der Waals surface area contributed by atoms with Gasteiger partial charge in [0.2, 0.25) is 0 Å². The van der Waals surface area contributed by atoms with Gasteiger partial charge < -0.3 is 4.74 Å². The molecular weight excluding hydrogens is 506 g/mol. The van der Waals surface area contributed by atoms with Crippen LogP contribution in [0.1, 0.15) is 11.1 Å². The molecule has 1 nitrogen and oxygen atoms in total. The standard InChI is InChI=1S/C26H14F6OS2/c1-33-15-9-7-14(8-10-15)19-12-17-21-20(24(27,28)26(31,32)25(21,29)30)16-11-18(13-5-3-2-4-6-13)34-22(16)23(17)35-19/h2-12H,1H3. The van der Waals surface area contributed by atoms with Gasteiger partial charge in [0.15, 0.2) is 0 Å². The molecule has 1 aliphatic rings. The summed E-state index contributed by atoms with van der Waals surface area (Å²) in [5.41, 5.74) is -1.26. The molecule has 9 heteroatoms. The average Bonchev–Trinajstić information content (AvgIpc) is 3.50. The van der Waals surface area contributed by atoms with Gasteiger partial charge in [0, 0.05) is 31.7 Å². The molecule has 0 N–H and O–H groups in total. The summed E-state index contributed by atoms with van der Waals surface area (Å²) < 4.78 is 95.1. The zero-order valence-electron chi connectivity index (χ0n) is 17.8. The Bertz CT molecular complexity index is 1600. The summed E-state index contributed by atoms with van der Waals surface area (Å²) in [6.07, 6.45) is 0. The second-order valence-corrected chi connectivity index (χ2v) is 10.4. The number of methoxy groups -OCH3 is 1. The lowest BCUT2D eigenvalue weighted by Gasteiger charge is -2.23. The van der Waals surface area contributed by atoms with E-state index in [9.17, 15) is 8.78 Å². The smallest absolute Gasteiger partial charge is 0.380 e. The van der Waals surface area contributed by atoms with Crippen LogP contribution < -0.4 is 4.74 Å². The third kappa shape index (κ3) is 2.88. The average molecular weight is 521 g/mol. The SMILES string of the molecule is COc1ccc(-c2cc3c4c(c5cc(-c6ccccc6)sc5c3s2)C(F)(F)C(F)(F)C4(F)F)cc1. The topological polar surface area (TPSA) is 9.23 Å². The molecule has 0 bridgehead atoms. The highest BCUT2D eigenvalue weighted by Gasteiger charge is 2.80. The predicted octanol–water partition coefficient (Wildman–Crippen LogP) is 9.29. The minimum absolute atomic E-state index is 0.263. The van der Waals surface area contributed by atoms with E-state index in [1.165, 1.54) is 19.2 Å². The van der Waals surface area contributed by atoms with Gasteiger partial charge in [0.1, 0.15) is 5.75 Å². The molecule has 0 fully saturated rings. The minimum atomic E-state index is -5.55. The predicted molar refractivity (Wildman–Crippen MR) is 127 cm³/mol. The number of alkyl halides is 6.